The van der Waals surface area contributed by atoms with Gasteiger partial charge in [-0.25, -0.2) is 4.98 Å². The van der Waals surface area contributed by atoms with Crippen LogP contribution in [0.2, 0.25) is 0 Å². The summed E-state index contributed by atoms with van der Waals surface area (Å²) in [5, 5.41) is 7.30. The molecule has 1 amide bonds. The minimum Gasteiger partial charge on any atom is -0.340 e. The van der Waals surface area contributed by atoms with E-state index in [1.807, 2.05) is 22.7 Å². The first-order valence-corrected chi connectivity index (χ1v) is 8.72. The molecule has 0 atom stereocenters. The fourth-order valence-electron chi connectivity index (χ4n) is 3.57. The lowest BCUT2D eigenvalue weighted by Crippen LogP contribution is -2.46. The lowest BCUT2D eigenvalue weighted by atomic mass is 9.89. The van der Waals surface area contributed by atoms with Gasteiger partial charge >= 0.3 is 0 Å². The normalized spacial score (nSPS) is 17.3. The number of hydrogen-bond donors (Lipinski definition) is 1. The fraction of sp³-hybridized carbons (Fsp3) is 0.444. The molecule has 0 aromatic carbocycles. The van der Waals surface area contributed by atoms with E-state index in [9.17, 15) is 4.79 Å². The monoisotopic (exact) mass is 339 g/mol. The molecule has 0 saturated heterocycles. The third kappa shape index (κ3) is 3.01. The fourth-order valence-corrected chi connectivity index (χ4v) is 3.57. The van der Waals surface area contributed by atoms with Crippen LogP contribution < -0.4 is 5.32 Å². The Morgan fingerprint density at radius 3 is 2.80 bits per heavy atom. The Morgan fingerprint density at radius 1 is 1.28 bits per heavy atom. The molecule has 0 bridgehead atoms. The number of amides is 1. The zero-order valence-electron chi connectivity index (χ0n) is 14.2. The van der Waals surface area contributed by atoms with Crippen molar-refractivity contribution in [3.8, 4) is 0 Å². The molecule has 1 N–H and O–H groups in total. The Balaban J connectivity index is 1.66. The zero-order chi connectivity index (χ0) is 17.3. The molecule has 4 rings (SSSR count). The molecule has 0 aliphatic heterocycles. The summed E-state index contributed by atoms with van der Waals surface area (Å²) in [4.78, 5) is 21.6. The van der Waals surface area contributed by atoms with Crippen molar-refractivity contribution in [2.75, 3.05) is 0 Å². The highest BCUT2D eigenvalue weighted by atomic mass is 16.5. The summed E-state index contributed by atoms with van der Waals surface area (Å²) in [6, 6.07) is 5.66. The molecule has 130 valence electrons. The second-order valence-corrected chi connectivity index (χ2v) is 6.70. The Morgan fingerprint density at radius 2 is 2.08 bits per heavy atom. The largest absolute Gasteiger partial charge is 0.340 e. The highest BCUT2D eigenvalue weighted by Gasteiger charge is 2.39. The first kappa shape index (κ1) is 15.8. The van der Waals surface area contributed by atoms with Crippen LogP contribution in [0, 0.1) is 6.92 Å². The van der Waals surface area contributed by atoms with Crippen LogP contribution in [-0.4, -0.2) is 25.4 Å². The van der Waals surface area contributed by atoms with E-state index in [1.54, 1.807) is 19.3 Å². The summed E-state index contributed by atoms with van der Waals surface area (Å²) < 4.78 is 7.06. The maximum absolute atomic E-state index is 12.9. The third-order valence-corrected chi connectivity index (χ3v) is 4.92. The van der Waals surface area contributed by atoms with Gasteiger partial charge in [-0.05, 0) is 31.0 Å². The van der Waals surface area contributed by atoms with E-state index in [0.717, 1.165) is 44.0 Å². The average Bonchev–Trinajstić information content (AvgIpc) is 3.19. The number of fused-ring (bicyclic) bond motifs is 1. The van der Waals surface area contributed by atoms with E-state index < -0.39 is 5.54 Å². The van der Waals surface area contributed by atoms with Crippen molar-refractivity contribution in [3.63, 3.8) is 0 Å². The number of rotatable bonds is 3. The third-order valence-electron chi connectivity index (χ3n) is 4.92. The summed E-state index contributed by atoms with van der Waals surface area (Å²) in [6.45, 7) is 1.77. The van der Waals surface area contributed by atoms with E-state index in [0.29, 0.717) is 17.4 Å². The van der Waals surface area contributed by atoms with Crippen molar-refractivity contribution in [2.24, 2.45) is 0 Å². The van der Waals surface area contributed by atoms with Crippen molar-refractivity contribution < 1.29 is 9.32 Å². The number of carbonyl (C=O) groups is 1. The molecule has 1 saturated carbocycles. The van der Waals surface area contributed by atoms with Crippen LogP contribution in [0.25, 0.3) is 5.52 Å². The van der Waals surface area contributed by atoms with Gasteiger partial charge in [0.05, 0.1) is 6.33 Å². The molecule has 1 aliphatic rings. The predicted molar refractivity (Wildman–Crippen MR) is 91.1 cm³/mol. The number of carbonyl (C=O) groups excluding carboxylic acids is 1. The SMILES string of the molecule is Cc1nc(C2(NC(=O)c3cc4cccn4cn3)CCCCCC2)no1. The van der Waals surface area contributed by atoms with Crippen LogP contribution >= 0.6 is 0 Å². The van der Waals surface area contributed by atoms with Gasteiger partial charge in [0.25, 0.3) is 5.91 Å². The van der Waals surface area contributed by atoms with E-state index in [-0.39, 0.29) is 5.91 Å². The van der Waals surface area contributed by atoms with Crippen LogP contribution in [0.3, 0.4) is 0 Å². The molecular formula is C18H21N5O2. The number of hydrogen-bond acceptors (Lipinski definition) is 5. The van der Waals surface area contributed by atoms with Gasteiger partial charge < -0.3 is 14.2 Å². The van der Waals surface area contributed by atoms with Crippen molar-refractivity contribution in [1.29, 1.82) is 0 Å². The highest BCUT2D eigenvalue weighted by Crippen LogP contribution is 2.34. The molecule has 1 aliphatic carbocycles. The molecule has 3 aromatic rings. The Bertz CT molecular complexity index is 890. The molecule has 1 fully saturated rings. The van der Waals surface area contributed by atoms with E-state index in [1.165, 1.54) is 0 Å². The van der Waals surface area contributed by atoms with Gasteiger partial charge in [-0.15, -0.1) is 0 Å². The second-order valence-electron chi connectivity index (χ2n) is 6.70. The van der Waals surface area contributed by atoms with Gasteiger partial charge in [0.1, 0.15) is 11.2 Å². The van der Waals surface area contributed by atoms with Gasteiger partial charge in [-0.3, -0.25) is 4.79 Å². The van der Waals surface area contributed by atoms with Crippen molar-refractivity contribution >= 4 is 11.4 Å². The maximum atomic E-state index is 12.9. The van der Waals surface area contributed by atoms with Crippen LogP contribution in [0.1, 0.15) is 60.7 Å². The summed E-state index contributed by atoms with van der Waals surface area (Å²) in [7, 11) is 0. The van der Waals surface area contributed by atoms with Gasteiger partial charge in [-0.2, -0.15) is 4.98 Å². The van der Waals surface area contributed by atoms with E-state index in [2.05, 4.69) is 20.4 Å². The molecule has 7 heteroatoms. The number of aryl methyl sites for hydroxylation is 1. The number of aromatic nitrogens is 4. The Kier molecular flexibility index (Phi) is 3.99. The number of nitrogens with one attached hydrogen (secondary N) is 1. The van der Waals surface area contributed by atoms with Crippen LogP contribution in [0.5, 0.6) is 0 Å². The predicted octanol–water partition coefficient (Wildman–Crippen LogP) is 3.01. The summed E-state index contributed by atoms with van der Waals surface area (Å²) >= 11 is 0. The Hall–Kier alpha value is -2.70. The first-order valence-electron chi connectivity index (χ1n) is 8.72. The van der Waals surface area contributed by atoms with Crippen molar-refractivity contribution in [3.05, 3.63) is 48.1 Å². The van der Waals surface area contributed by atoms with Crippen molar-refractivity contribution in [1.82, 2.24) is 24.8 Å². The van der Waals surface area contributed by atoms with Crippen molar-refractivity contribution in [2.45, 2.75) is 51.0 Å². The van der Waals surface area contributed by atoms with Gasteiger partial charge in [0.2, 0.25) is 5.89 Å². The Labute approximate surface area is 145 Å². The molecule has 3 aromatic heterocycles. The maximum Gasteiger partial charge on any atom is 0.270 e. The summed E-state index contributed by atoms with van der Waals surface area (Å²) in [5.74, 6) is 0.887. The van der Waals surface area contributed by atoms with Gasteiger partial charge in [-0.1, -0.05) is 30.8 Å². The standard InChI is InChI=1S/C18H21N5O2/c1-13-20-17(22-25-13)18(8-4-2-3-5-9-18)21-16(24)15-11-14-7-6-10-23(14)12-19-15/h6-7,10-12H,2-5,8-9H2,1H3,(H,21,24). The van der Waals surface area contributed by atoms with Gasteiger partial charge in [0, 0.05) is 18.6 Å². The molecule has 3 heterocycles. The average molecular weight is 339 g/mol. The minimum atomic E-state index is -0.582. The molecule has 7 nitrogen and oxygen atoms in total. The molecule has 0 spiro atoms. The van der Waals surface area contributed by atoms with Crippen LogP contribution in [0.15, 0.2) is 35.2 Å². The lowest BCUT2D eigenvalue weighted by molar-refractivity contribution is 0.0871. The van der Waals surface area contributed by atoms with E-state index in [4.69, 9.17) is 4.52 Å². The van der Waals surface area contributed by atoms with Gasteiger partial charge in [0.15, 0.2) is 5.82 Å². The number of nitrogens with zero attached hydrogens (tertiary/aromatic N) is 4. The summed E-state index contributed by atoms with van der Waals surface area (Å²) in [6.07, 6.45) is 9.54. The zero-order valence-corrected chi connectivity index (χ0v) is 14.2. The summed E-state index contributed by atoms with van der Waals surface area (Å²) in [5.41, 5.74) is 0.752. The highest BCUT2D eigenvalue weighted by molar-refractivity contribution is 5.93. The minimum absolute atomic E-state index is 0.201. The second kappa shape index (κ2) is 6.31. The molecule has 25 heavy (non-hydrogen) atoms. The lowest BCUT2D eigenvalue weighted by Gasteiger charge is -2.30. The molecular weight excluding hydrogens is 318 g/mol. The van der Waals surface area contributed by atoms with E-state index >= 15 is 0 Å². The smallest absolute Gasteiger partial charge is 0.270 e. The molecule has 0 radical (unpaired) electrons. The van der Waals surface area contributed by atoms with Crippen LogP contribution in [-0.2, 0) is 5.54 Å². The van der Waals surface area contributed by atoms with Crippen LogP contribution in [0.4, 0.5) is 0 Å². The topological polar surface area (TPSA) is 85.3 Å². The first-order chi connectivity index (χ1) is 12.2. The quantitative estimate of drug-likeness (QED) is 0.741. The molecule has 0 unspecified atom stereocenters.